The average Bonchev–Trinajstić information content (AvgIpc) is 2.00. The molecule has 1 atom stereocenters. The van der Waals surface area contributed by atoms with Crippen molar-refractivity contribution in [1.29, 1.82) is 0 Å². The molecule has 62 valence electrons. The molecule has 10 heavy (non-hydrogen) atoms. The Balaban J connectivity index is 3.58. The van der Waals surface area contributed by atoms with E-state index in [-0.39, 0.29) is 0 Å². The minimum Gasteiger partial charge on any atom is -0.420 e. The first-order valence-corrected chi connectivity index (χ1v) is 7.06. The van der Waals surface area contributed by atoms with Crippen LogP contribution in [0.25, 0.3) is 0 Å². The van der Waals surface area contributed by atoms with Gasteiger partial charge in [0.2, 0.25) is 0 Å². The molecular formula is C8H20OSi. The van der Waals surface area contributed by atoms with Gasteiger partial charge in [0, 0.05) is 7.11 Å². The van der Waals surface area contributed by atoms with Crippen molar-refractivity contribution < 1.29 is 4.43 Å². The summed E-state index contributed by atoms with van der Waals surface area (Å²) in [5.41, 5.74) is 0. The summed E-state index contributed by atoms with van der Waals surface area (Å²) in [6, 6.07) is 2.58. The van der Waals surface area contributed by atoms with Crippen molar-refractivity contribution >= 4 is 8.32 Å². The van der Waals surface area contributed by atoms with Gasteiger partial charge in [-0.3, -0.25) is 0 Å². The van der Waals surface area contributed by atoms with Gasteiger partial charge in [0.25, 0.3) is 0 Å². The number of hydrogen-bond acceptors (Lipinski definition) is 1. The number of rotatable bonds is 5. The topological polar surface area (TPSA) is 9.23 Å². The lowest BCUT2D eigenvalue weighted by Gasteiger charge is -2.22. The van der Waals surface area contributed by atoms with Gasteiger partial charge < -0.3 is 4.43 Å². The van der Waals surface area contributed by atoms with Crippen LogP contribution in [0, 0.1) is 0 Å². The molecule has 0 aromatic rings. The Kier molecular flexibility index (Phi) is 5.00. The van der Waals surface area contributed by atoms with Gasteiger partial charge in [-0.15, -0.1) is 0 Å². The van der Waals surface area contributed by atoms with Crippen LogP contribution in [-0.2, 0) is 4.43 Å². The predicted molar refractivity (Wildman–Crippen MR) is 48.8 cm³/mol. The van der Waals surface area contributed by atoms with E-state index in [1.165, 1.54) is 24.9 Å². The Morgan fingerprint density at radius 1 is 1.30 bits per heavy atom. The van der Waals surface area contributed by atoms with E-state index in [4.69, 9.17) is 4.43 Å². The molecule has 0 saturated heterocycles. The summed E-state index contributed by atoms with van der Waals surface area (Å²) in [7, 11) is 0.648. The van der Waals surface area contributed by atoms with Gasteiger partial charge in [-0.2, -0.15) is 0 Å². The lowest BCUT2D eigenvalue weighted by atomic mass is 10.4. The van der Waals surface area contributed by atoms with Crippen LogP contribution in [0.2, 0.25) is 18.6 Å². The van der Waals surface area contributed by atoms with Crippen molar-refractivity contribution in [1.82, 2.24) is 0 Å². The molecule has 0 N–H and O–H groups in total. The molecule has 0 aromatic heterocycles. The Hall–Kier alpha value is 0.177. The number of unbranched alkanes of at least 4 members (excludes halogenated alkanes) is 1. The minimum absolute atomic E-state index is 1.22. The van der Waals surface area contributed by atoms with E-state index in [9.17, 15) is 0 Å². The lowest BCUT2D eigenvalue weighted by Crippen LogP contribution is -2.31. The quantitative estimate of drug-likeness (QED) is 0.562. The molecule has 0 rings (SSSR count). The highest BCUT2D eigenvalue weighted by atomic mass is 28.4. The SMILES string of the molecule is CCCC[Si](C)(CC)OC. The molecule has 0 fully saturated rings. The molecule has 1 unspecified atom stereocenters. The van der Waals surface area contributed by atoms with Gasteiger partial charge in [0.05, 0.1) is 0 Å². The molecule has 0 bridgehead atoms. The van der Waals surface area contributed by atoms with Crippen molar-refractivity contribution in [2.75, 3.05) is 7.11 Å². The molecule has 0 aliphatic carbocycles. The first kappa shape index (κ1) is 10.2. The molecule has 0 amide bonds. The maximum atomic E-state index is 5.53. The van der Waals surface area contributed by atoms with E-state index in [1.54, 1.807) is 0 Å². The van der Waals surface area contributed by atoms with Gasteiger partial charge in [-0.25, -0.2) is 0 Å². The van der Waals surface area contributed by atoms with Crippen LogP contribution in [0.4, 0.5) is 0 Å². The Labute approximate surface area is 65.9 Å². The summed E-state index contributed by atoms with van der Waals surface area (Å²) in [5.74, 6) is 0. The normalized spacial score (nSPS) is 16.8. The summed E-state index contributed by atoms with van der Waals surface area (Å²) in [6.07, 6.45) is 2.64. The lowest BCUT2D eigenvalue weighted by molar-refractivity contribution is 0.396. The van der Waals surface area contributed by atoms with E-state index in [2.05, 4.69) is 20.4 Å². The minimum atomic E-state index is -1.22. The van der Waals surface area contributed by atoms with Gasteiger partial charge >= 0.3 is 0 Å². The van der Waals surface area contributed by atoms with Gasteiger partial charge in [-0.1, -0.05) is 26.7 Å². The van der Waals surface area contributed by atoms with Crippen molar-refractivity contribution in [2.45, 2.75) is 45.3 Å². The van der Waals surface area contributed by atoms with E-state index < -0.39 is 8.32 Å². The van der Waals surface area contributed by atoms with E-state index in [0.717, 1.165) is 0 Å². The average molecular weight is 160 g/mol. The summed E-state index contributed by atoms with van der Waals surface area (Å²) in [4.78, 5) is 0. The standard InChI is InChI=1S/C8H20OSi/c1-5-7-8-10(4,6-2)9-3/h5-8H2,1-4H3. The fourth-order valence-electron chi connectivity index (χ4n) is 0.974. The van der Waals surface area contributed by atoms with E-state index in [1.807, 2.05) is 7.11 Å². The Morgan fingerprint density at radius 2 is 1.90 bits per heavy atom. The molecule has 2 heteroatoms. The Bertz CT molecular complexity index is 79.3. The molecule has 0 aliphatic rings. The second-order valence-electron chi connectivity index (χ2n) is 3.11. The van der Waals surface area contributed by atoms with Gasteiger partial charge in [-0.05, 0) is 18.6 Å². The molecule has 1 nitrogen and oxygen atoms in total. The molecule has 0 aromatic carbocycles. The molecule has 0 radical (unpaired) electrons. The van der Waals surface area contributed by atoms with Gasteiger partial charge in [0.1, 0.15) is 0 Å². The largest absolute Gasteiger partial charge is 0.420 e. The highest BCUT2D eigenvalue weighted by Crippen LogP contribution is 2.18. The smallest absolute Gasteiger partial charge is 0.188 e. The van der Waals surface area contributed by atoms with Crippen LogP contribution in [-0.4, -0.2) is 15.4 Å². The zero-order chi connectivity index (χ0) is 8.04. The fraction of sp³-hybridized carbons (Fsp3) is 1.00. The molecule has 0 heterocycles. The van der Waals surface area contributed by atoms with Crippen molar-refractivity contribution in [2.24, 2.45) is 0 Å². The first-order chi connectivity index (χ1) is 4.68. The van der Waals surface area contributed by atoms with Crippen LogP contribution < -0.4 is 0 Å². The van der Waals surface area contributed by atoms with Crippen LogP contribution in [0.1, 0.15) is 26.7 Å². The number of hydrogen-bond donors (Lipinski definition) is 0. The predicted octanol–water partition coefficient (Wildman–Crippen LogP) is 3.03. The molecule has 0 aliphatic heterocycles. The fourth-order valence-corrected chi connectivity index (χ4v) is 2.92. The van der Waals surface area contributed by atoms with Crippen molar-refractivity contribution in [3.8, 4) is 0 Å². The van der Waals surface area contributed by atoms with Crippen LogP contribution in [0.5, 0.6) is 0 Å². The third kappa shape index (κ3) is 3.37. The summed E-state index contributed by atoms with van der Waals surface area (Å²) >= 11 is 0. The van der Waals surface area contributed by atoms with E-state index >= 15 is 0 Å². The summed E-state index contributed by atoms with van der Waals surface area (Å²) < 4.78 is 5.53. The second kappa shape index (κ2) is 4.91. The summed E-state index contributed by atoms with van der Waals surface area (Å²) in [6.45, 7) is 6.80. The third-order valence-electron chi connectivity index (χ3n) is 2.30. The van der Waals surface area contributed by atoms with Crippen LogP contribution >= 0.6 is 0 Å². The zero-order valence-corrected chi connectivity index (χ0v) is 8.74. The van der Waals surface area contributed by atoms with Crippen LogP contribution in [0.15, 0.2) is 0 Å². The van der Waals surface area contributed by atoms with E-state index in [0.29, 0.717) is 0 Å². The molecular weight excluding hydrogens is 140 g/mol. The maximum Gasteiger partial charge on any atom is 0.188 e. The van der Waals surface area contributed by atoms with Crippen LogP contribution in [0.3, 0.4) is 0 Å². The monoisotopic (exact) mass is 160 g/mol. The molecule has 0 spiro atoms. The Morgan fingerprint density at radius 3 is 2.20 bits per heavy atom. The zero-order valence-electron chi connectivity index (χ0n) is 7.74. The van der Waals surface area contributed by atoms with Crippen molar-refractivity contribution in [3.05, 3.63) is 0 Å². The maximum absolute atomic E-state index is 5.53. The van der Waals surface area contributed by atoms with Gasteiger partial charge in [0.15, 0.2) is 8.32 Å². The highest BCUT2D eigenvalue weighted by molar-refractivity contribution is 6.72. The van der Waals surface area contributed by atoms with Crippen molar-refractivity contribution in [3.63, 3.8) is 0 Å². The summed E-state index contributed by atoms with van der Waals surface area (Å²) in [5, 5.41) is 0. The highest BCUT2D eigenvalue weighted by Gasteiger charge is 2.23. The first-order valence-electron chi connectivity index (χ1n) is 4.23. The third-order valence-corrected chi connectivity index (χ3v) is 6.19. The molecule has 0 saturated carbocycles. The second-order valence-corrected chi connectivity index (χ2v) is 7.63.